The van der Waals surface area contributed by atoms with E-state index in [2.05, 4.69) is 0 Å². The Morgan fingerprint density at radius 3 is 2.42 bits per heavy atom. The molecule has 2 rings (SSSR count). The van der Waals surface area contributed by atoms with Crippen molar-refractivity contribution < 1.29 is 14.7 Å². The summed E-state index contributed by atoms with van der Waals surface area (Å²) in [6.45, 7) is 4.97. The number of rotatable bonds is 4. The maximum atomic E-state index is 11.9. The van der Waals surface area contributed by atoms with Crippen LogP contribution in [-0.4, -0.2) is 27.9 Å². The molecule has 0 bridgehead atoms. The van der Waals surface area contributed by atoms with E-state index in [4.69, 9.17) is 0 Å². The molecule has 0 spiro atoms. The summed E-state index contributed by atoms with van der Waals surface area (Å²) < 4.78 is 0. The van der Waals surface area contributed by atoms with Crippen LogP contribution >= 0.6 is 0 Å². The lowest BCUT2D eigenvalue weighted by molar-refractivity contribution is -0.159. The van der Waals surface area contributed by atoms with E-state index in [1.54, 1.807) is 13.0 Å². The van der Waals surface area contributed by atoms with Gasteiger partial charge in [0.25, 0.3) is 0 Å². The molecule has 4 nitrogen and oxygen atoms in total. The highest BCUT2D eigenvalue weighted by molar-refractivity contribution is 5.87. The van der Waals surface area contributed by atoms with Gasteiger partial charge in [-0.1, -0.05) is 29.8 Å². The highest BCUT2D eigenvalue weighted by atomic mass is 16.4. The topological polar surface area (TPSA) is 57.6 Å². The third-order valence-corrected chi connectivity index (χ3v) is 3.73. The number of hydrogen-bond donors (Lipinski definition) is 1. The van der Waals surface area contributed by atoms with Gasteiger partial charge < -0.3 is 10.0 Å². The number of carbonyl (C=O) groups is 2. The predicted octanol–water partition coefficient (Wildman–Crippen LogP) is 2.31. The molecule has 1 aliphatic rings. The van der Waals surface area contributed by atoms with Crippen molar-refractivity contribution in [1.82, 2.24) is 4.90 Å². The standard InChI is InChI=1S/C15H19NO3/c1-10-5-4-6-12(9-10)15(3,14(18)19)16(11(2)17)13-7-8-13/h4-6,9,13H,7-8H2,1-3H3,(H,18,19). The van der Waals surface area contributed by atoms with Crippen molar-refractivity contribution in [1.29, 1.82) is 0 Å². The smallest absolute Gasteiger partial charge is 0.334 e. The zero-order valence-corrected chi connectivity index (χ0v) is 11.5. The molecule has 0 radical (unpaired) electrons. The van der Waals surface area contributed by atoms with Crippen molar-refractivity contribution >= 4 is 11.9 Å². The summed E-state index contributed by atoms with van der Waals surface area (Å²) in [4.78, 5) is 25.2. The number of carbonyl (C=O) groups excluding carboxylic acids is 1. The molecule has 1 aliphatic carbocycles. The van der Waals surface area contributed by atoms with Crippen LogP contribution in [-0.2, 0) is 15.1 Å². The molecule has 0 aromatic heterocycles. The molecule has 1 amide bonds. The minimum atomic E-state index is -1.29. The van der Waals surface area contributed by atoms with Crippen molar-refractivity contribution in [3.05, 3.63) is 35.4 Å². The molecule has 0 aliphatic heterocycles. The minimum Gasteiger partial charge on any atom is -0.479 e. The van der Waals surface area contributed by atoms with Crippen LogP contribution in [0, 0.1) is 6.92 Å². The van der Waals surface area contributed by atoms with Gasteiger partial charge in [-0.25, -0.2) is 4.79 Å². The lowest BCUT2D eigenvalue weighted by Gasteiger charge is -2.38. The molecule has 1 saturated carbocycles. The third-order valence-electron chi connectivity index (χ3n) is 3.73. The fourth-order valence-corrected chi connectivity index (χ4v) is 2.58. The van der Waals surface area contributed by atoms with Crippen LogP contribution in [0.1, 0.15) is 37.8 Å². The molecule has 1 unspecified atom stereocenters. The van der Waals surface area contributed by atoms with Crippen LogP contribution in [0.2, 0.25) is 0 Å². The van der Waals surface area contributed by atoms with E-state index < -0.39 is 11.5 Å². The number of hydrogen-bond acceptors (Lipinski definition) is 2. The van der Waals surface area contributed by atoms with E-state index in [9.17, 15) is 14.7 Å². The van der Waals surface area contributed by atoms with Crippen LogP contribution in [0.25, 0.3) is 0 Å². The van der Waals surface area contributed by atoms with Gasteiger partial charge in [-0.15, -0.1) is 0 Å². The van der Waals surface area contributed by atoms with Gasteiger partial charge in [0.15, 0.2) is 5.54 Å². The Kier molecular flexibility index (Phi) is 3.35. The number of aryl methyl sites for hydroxylation is 1. The zero-order valence-electron chi connectivity index (χ0n) is 11.5. The van der Waals surface area contributed by atoms with Crippen molar-refractivity contribution in [3.8, 4) is 0 Å². The van der Waals surface area contributed by atoms with Crippen molar-refractivity contribution in [2.24, 2.45) is 0 Å². The molecule has 0 saturated heterocycles. The minimum absolute atomic E-state index is 0.0547. The number of carboxylic acids is 1. The molecule has 4 heteroatoms. The normalized spacial score (nSPS) is 17.6. The molecule has 1 N–H and O–H groups in total. The number of aliphatic carboxylic acids is 1. The quantitative estimate of drug-likeness (QED) is 0.904. The lowest BCUT2D eigenvalue weighted by Crippen LogP contribution is -2.53. The summed E-state index contributed by atoms with van der Waals surface area (Å²) in [6, 6.07) is 7.42. The largest absolute Gasteiger partial charge is 0.479 e. The molecule has 1 aromatic rings. The summed E-state index contributed by atoms with van der Waals surface area (Å²) in [5.41, 5.74) is 0.352. The SMILES string of the molecule is CC(=O)N(C1CC1)C(C)(C(=O)O)c1cccc(C)c1. The highest BCUT2D eigenvalue weighted by Gasteiger charge is 2.49. The van der Waals surface area contributed by atoms with Crippen molar-refractivity contribution in [3.63, 3.8) is 0 Å². The van der Waals surface area contributed by atoms with Crippen LogP contribution < -0.4 is 0 Å². The Labute approximate surface area is 113 Å². The Bertz CT molecular complexity index is 522. The molecular weight excluding hydrogens is 242 g/mol. The summed E-state index contributed by atoms with van der Waals surface area (Å²) in [5.74, 6) is -1.17. The average Bonchev–Trinajstić information content (AvgIpc) is 3.12. The first-order valence-corrected chi connectivity index (χ1v) is 6.48. The van der Waals surface area contributed by atoms with Gasteiger partial charge >= 0.3 is 5.97 Å². The molecule has 1 fully saturated rings. The average molecular weight is 261 g/mol. The number of amides is 1. The molecule has 19 heavy (non-hydrogen) atoms. The van der Waals surface area contributed by atoms with E-state index in [1.165, 1.54) is 11.8 Å². The summed E-state index contributed by atoms with van der Waals surface area (Å²) >= 11 is 0. The van der Waals surface area contributed by atoms with Gasteiger partial charge in [0.05, 0.1) is 0 Å². The number of carboxylic acid groups (broad SMARTS) is 1. The van der Waals surface area contributed by atoms with Gasteiger partial charge in [0.2, 0.25) is 5.91 Å². The summed E-state index contributed by atoms with van der Waals surface area (Å²) in [6.07, 6.45) is 1.77. The Morgan fingerprint density at radius 1 is 1.37 bits per heavy atom. The Balaban J connectivity index is 2.53. The van der Waals surface area contributed by atoms with E-state index in [-0.39, 0.29) is 11.9 Å². The predicted molar refractivity (Wildman–Crippen MR) is 71.7 cm³/mol. The second-order valence-corrected chi connectivity index (χ2v) is 5.37. The number of nitrogens with zero attached hydrogens (tertiary/aromatic N) is 1. The zero-order chi connectivity index (χ0) is 14.2. The monoisotopic (exact) mass is 261 g/mol. The first-order chi connectivity index (χ1) is 8.87. The fourth-order valence-electron chi connectivity index (χ4n) is 2.58. The van der Waals surface area contributed by atoms with Crippen LogP contribution in [0.3, 0.4) is 0 Å². The van der Waals surface area contributed by atoms with E-state index in [1.807, 2.05) is 25.1 Å². The fraction of sp³-hybridized carbons (Fsp3) is 0.467. The van der Waals surface area contributed by atoms with Crippen LogP contribution in [0.4, 0.5) is 0 Å². The van der Waals surface area contributed by atoms with Crippen LogP contribution in [0.15, 0.2) is 24.3 Å². The third kappa shape index (κ3) is 2.35. The maximum Gasteiger partial charge on any atom is 0.334 e. The molecule has 102 valence electrons. The lowest BCUT2D eigenvalue weighted by atomic mass is 9.88. The summed E-state index contributed by atoms with van der Waals surface area (Å²) in [5, 5.41) is 9.68. The second-order valence-electron chi connectivity index (χ2n) is 5.37. The Hall–Kier alpha value is -1.84. The van der Waals surface area contributed by atoms with Gasteiger partial charge in [0, 0.05) is 13.0 Å². The van der Waals surface area contributed by atoms with Crippen LogP contribution in [0.5, 0.6) is 0 Å². The number of benzene rings is 1. The van der Waals surface area contributed by atoms with Gasteiger partial charge in [-0.3, -0.25) is 4.79 Å². The van der Waals surface area contributed by atoms with Crippen molar-refractivity contribution in [2.45, 2.75) is 45.2 Å². The van der Waals surface area contributed by atoms with E-state index in [0.29, 0.717) is 5.56 Å². The molecule has 1 atom stereocenters. The first kappa shape index (κ1) is 13.6. The second kappa shape index (κ2) is 4.68. The van der Waals surface area contributed by atoms with Gasteiger partial charge in [-0.2, -0.15) is 0 Å². The van der Waals surface area contributed by atoms with Gasteiger partial charge in [-0.05, 0) is 32.3 Å². The molecule has 1 aromatic carbocycles. The summed E-state index contributed by atoms with van der Waals surface area (Å²) in [7, 11) is 0. The van der Waals surface area contributed by atoms with E-state index >= 15 is 0 Å². The molecular formula is C15H19NO3. The van der Waals surface area contributed by atoms with E-state index in [0.717, 1.165) is 18.4 Å². The Morgan fingerprint density at radius 2 is 2.00 bits per heavy atom. The van der Waals surface area contributed by atoms with Gasteiger partial charge in [0.1, 0.15) is 0 Å². The first-order valence-electron chi connectivity index (χ1n) is 6.48. The molecule has 0 heterocycles. The van der Waals surface area contributed by atoms with Crippen molar-refractivity contribution in [2.75, 3.05) is 0 Å². The maximum absolute atomic E-state index is 11.9. The highest BCUT2D eigenvalue weighted by Crippen LogP contribution is 2.39.